The fourth-order valence-corrected chi connectivity index (χ4v) is 2.07. The van der Waals surface area contributed by atoms with E-state index in [1.54, 1.807) is 0 Å². The van der Waals surface area contributed by atoms with E-state index >= 15 is 0 Å². The lowest BCUT2D eigenvalue weighted by Crippen LogP contribution is -2.30. The van der Waals surface area contributed by atoms with Crippen LogP contribution in [0, 0.1) is 10.1 Å². The minimum atomic E-state index is -0.452. The van der Waals surface area contributed by atoms with Crippen molar-refractivity contribution >= 4 is 17.3 Å². The second kappa shape index (κ2) is 7.58. The fraction of sp³-hybridized carbons (Fsp3) is 0.500. The number of nitro groups is 1. The van der Waals surface area contributed by atoms with Crippen LogP contribution < -0.4 is 10.6 Å². The predicted octanol–water partition coefficient (Wildman–Crippen LogP) is 1.71. The van der Waals surface area contributed by atoms with Crippen molar-refractivity contribution in [2.75, 3.05) is 32.5 Å². The van der Waals surface area contributed by atoms with E-state index in [0.717, 1.165) is 6.54 Å². The number of nitro benzene ring substituents is 1. The number of nitrogens with one attached hydrogen (secondary N) is 2. The molecule has 116 valence electrons. The third kappa shape index (κ3) is 5.03. The lowest BCUT2D eigenvalue weighted by molar-refractivity contribution is -0.384. The second-order valence-corrected chi connectivity index (χ2v) is 5.16. The number of amides is 1. The van der Waals surface area contributed by atoms with Crippen molar-refractivity contribution in [2.45, 2.75) is 19.9 Å². The predicted molar refractivity (Wildman–Crippen MR) is 82.7 cm³/mol. The first-order valence-corrected chi connectivity index (χ1v) is 6.83. The molecule has 0 heterocycles. The van der Waals surface area contributed by atoms with E-state index in [-0.39, 0.29) is 17.6 Å². The van der Waals surface area contributed by atoms with Gasteiger partial charge in [0.05, 0.1) is 4.92 Å². The number of nitrogens with zero attached hydrogens (tertiary/aromatic N) is 2. The Labute approximate surface area is 124 Å². The Balaban J connectivity index is 3.04. The Morgan fingerprint density at radius 3 is 2.62 bits per heavy atom. The Morgan fingerprint density at radius 2 is 2.10 bits per heavy atom. The first kappa shape index (κ1) is 16.9. The van der Waals surface area contributed by atoms with Crippen LogP contribution in [0.4, 0.5) is 11.4 Å². The fourth-order valence-electron chi connectivity index (χ4n) is 2.07. The summed E-state index contributed by atoms with van der Waals surface area (Å²) < 4.78 is 0. The van der Waals surface area contributed by atoms with Crippen LogP contribution in [0.5, 0.6) is 0 Å². The van der Waals surface area contributed by atoms with Crippen molar-refractivity contribution in [3.63, 3.8) is 0 Å². The molecular formula is C14H22N4O3. The summed E-state index contributed by atoms with van der Waals surface area (Å²) in [6.45, 7) is 4.99. The van der Waals surface area contributed by atoms with E-state index in [4.69, 9.17) is 0 Å². The monoisotopic (exact) mass is 294 g/mol. The SMILES string of the molecule is CCNC(=O)c1ccc([N+](=O)[O-])c(NC(C)CN(C)C)c1. The highest BCUT2D eigenvalue weighted by atomic mass is 16.6. The van der Waals surface area contributed by atoms with Gasteiger partial charge in [-0.1, -0.05) is 0 Å². The first-order chi connectivity index (χ1) is 9.85. The van der Waals surface area contributed by atoms with Crippen molar-refractivity contribution in [3.05, 3.63) is 33.9 Å². The van der Waals surface area contributed by atoms with Gasteiger partial charge in [0.15, 0.2) is 0 Å². The second-order valence-electron chi connectivity index (χ2n) is 5.16. The molecule has 0 saturated heterocycles. The van der Waals surface area contributed by atoms with Crippen LogP contribution in [0.25, 0.3) is 0 Å². The quantitative estimate of drug-likeness (QED) is 0.590. The Hall–Kier alpha value is -2.15. The van der Waals surface area contributed by atoms with E-state index < -0.39 is 4.92 Å². The van der Waals surface area contributed by atoms with Gasteiger partial charge < -0.3 is 15.5 Å². The molecule has 0 fully saturated rings. The van der Waals surface area contributed by atoms with Crippen molar-refractivity contribution < 1.29 is 9.72 Å². The summed E-state index contributed by atoms with van der Waals surface area (Å²) in [6, 6.07) is 4.36. The topological polar surface area (TPSA) is 87.5 Å². The standard InChI is InChI=1S/C14H22N4O3/c1-5-15-14(19)11-6-7-13(18(20)21)12(8-11)16-10(2)9-17(3)4/h6-8,10,16H,5,9H2,1-4H3,(H,15,19). The van der Waals surface area contributed by atoms with Crippen LogP contribution in [0.15, 0.2) is 18.2 Å². The van der Waals surface area contributed by atoms with E-state index in [0.29, 0.717) is 17.8 Å². The maximum atomic E-state index is 11.8. The molecule has 0 aliphatic rings. The number of rotatable bonds is 7. The zero-order valence-electron chi connectivity index (χ0n) is 12.8. The van der Waals surface area contributed by atoms with Crippen LogP contribution in [-0.4, -0.2) is 49.0 Å². The molecule has 0 radical (unpaired) electrons. The van der Waals surface area contributed by atoms with Gasteiger partial charge in [0.2, 0.25) is 0 Å². The van der Waals surface area contributed by atoms with Crippen LogP contribution in [0.3, 0.4) is 0 Å². The van der Waals surface area contributed by atoms with Crippen molar-refractivity contribution in [2.24, 2.45) is 0 Å². The molecule has 0 bridgehead atoms. The summed E-state index contributed by atoms with van der Waals surface area (Å²) in [5.74, 6) is -0.240. The largest absolute Gasteiger partial charge is 0.376 e. The minimum Gasteiger partial charge on any atom is -0.376 e. The normalized spacial score (nSPS) is 12.0. The Bertz CT molecular complexity index is 517. The molecule has 0 aliphatic carbocycles. The van der Waals surface area contributed by atoms with Crippen LogP contribution in [0.2, 0.25) is 0 Å². The van der Waals surface area contributed by atoms with Gasteiger partial charge in [0.25, 0.3) is 11.6 Å². The smallest absolute Gasteiger partial charge is 0.292 e. The number of anilines is 1. The van der Waals surface area contributed by atoms with Gasteiger partial charge in [-0.15, -0.1) is 0 Å². The summed E-state index contributed by atoms with van der Waals surface area (Å²) in [4.78, 5) is 24.4. The molecule has 1 aromatic carbocycles. The molecule has 1 unspecified atom stereocenters. The van der Waals surface area contributed by atoms with Gasteiger partial charge >= 0.3 is 0 Å². The number of carbonyl (C=O) groups is 1. The summed E-state index contributed by atoms with van der Waals surface area (Å²) >= 11 is 0. The van der Waals surface area contributed by atoms with E-state index in [1.807, 2.05) is 32.8 Å². The molecule has 0 aromatic heterocycles. The van der Waals surface area contributed by atoms with Gasteiger partial charge in [-0.2, -0.15) is 0 Å². The maximum Gasteiger partial charge on any atom is 0.292 e. The van der Waals surface area contributed by atoms with E-state index in [1.165, 1.54) is 18.2 Å². The van der Waals surface area contributed by atoms with Crippen molar-refractivity contribution in [1.82, 2.24) is 10.2 Å². The molecule has 1 aromatic rings. The average molecular weight is 294 g/mol. The summed E-state index contributed by atoms with van der Waals surface area (Å²) in [5.41, 5.74) is 0.730. The molecule has 1 atom stereocenters. The third-order valence-electron chi connectivity index (χ3n) is 2.83. The first-order valence-electron chi connectivity index (χ1n) is 6.83. The highest BCUT2D eigenvalue weighted by Gasteiger charge is 2.18. The number of likely N-dealkylation sites (N-methyl/N-ethyl adjacent to an activating group) is 1. The summed E-state index contributed by atoms with van der Waals surface area (Å²) in [7, 11) is 3.86. The number of hydrogen-bond donors (Lipinski definition) is 2. The zero-order chi connectivity index (χ0) is 16.0. The van der Waals surface area contributed by atoms with Gasteiger partial charge in [0, 0.05) is 30.8 Å². The van der Waals surface area contributed by atoms with Gasteiger partial charge in [-0.3, -0.25) is 14.9 Å². The molecular weight excluding hydrogens is 272 g/mol. The Kier molecular flexibility index (Phi) is 6.10. The maximum absolute atomic E-state index is 11.8. The van der Waals surface area contributed by atoms with Crippen molar-refractivity contribution in [3.8, 4) is 0 Å². The molecule has 1 amide bonds. The van der Waals surface area contributed by atoms with Gasteiger partial charge in [-0.25, -0.2) is 0 Å². The summed E-state index contributed by atoms with van der Waals surface area (Å²) in [6.07, 6.45) is 0. The van der Waals surface area contributed by atoms with E-state index in [9.17, 15) is 14.9 Å². The molecule has 0 saturated carbocycles. The van der Waals surface area contributed by atoms with Crippen molar-refractivity contribution in [1.29, 1.82) is 0 Å². The molecule has 2 N–H and O–H groups in total. The lowest BCUT2D eigenvalue weighted by atomic mass is 10.1. The van der Waals surface area contributed by atoms with Crippen LogP contribution >= 0.6 is 0 Å². The summed E-state index contributed by atoms with van der Waals surface area (Å²) in [5, 5.41) is 16.9. The van der Waals surface area contributed by atoms with E-state index in [2.05, 4.69) is 10.6 Å². The number of hydrogen-bond acceptors (Lipinski definition) is 5. The van der Waals surface area contributed by atoms with Gasteiger partial charge in [0.1, 0.15) is 5.69 Å². The average Bonchev–Trinajstić information content (AvgIpc) is 2.37. The number of benzene rings is 1. The van der Waals surface area contributed by atoms with Crippen LogP contribution in [0.1, 0.15) is 24.2 Å². The third-order valence-corrected chi connectivity index (χ3v) is 2.83. The number of carbonyl (C=O) groups excluding carboxylic acids is 1. The van der Waals surface area contributed by atoms with Gasteiger partial charge in [-0.05, 0) is 40.1 Å². The molecule has 0 spiro atoms. The molecule has 1 rings (SSSR count). The molecule has 21 heavy (non-hydrogen) atoms. The molecule has 0 aliphatic heterocycles. The van der Waals surface area contributed by atoms with Crippen LogP contribution in [-0.2, 0) is 0 Å². The lowest BCUT2D eigenvalue weighted by Gasteiger charge is -2.19. The minimum absolute atomic E-state index is 0.0168. The Morgan fingerprint density at radius 1 is 1.43 bits per heavy atom. The molecule has 7 heteroatoms. The zero-order valence-corrected chi connectivity index (χ0v) is 12.8. The highest BCUT2D eigenvalue weighted by molar-refractivity contribution is 5.95. The highest BCUT2D eigenvalue weighted by Crippen LogP contribution is 2.26. The molecule has 7 nitrogen and oxygen atoms in total.